The van der Waals surface area contributed by atoms with Crippen molar-refractivity contribution in [3.05, 3.63) is 29.3 Å². The average Bonchev–Trinajstić information content (AvgIpc) is 2.34. The van der Waals surface area contributed by atoms with Crippen LogP contribution in [0.4, 0.5) is 0 Å². The maximum atomic E-state index is 5.82. The molecule has 2 rings (SSSR count). The Hall–Kier alpha value is -0.770. The molecule has 1 aliphatic heterocycles. The summed E-state index contributed by atoms with van der Waals surface area (Å²) in [4.78, 5) is 2.45. The molecule has 1 atom stereocenters. The first-order valence-corrected chi connectivity index (χ1v) is 6.46. The normalized spacial score (nSPS) is 21.4. The second kappa shape index (κ2) is 6.24. The monoisotopic (exact) mass is 254 g/mol. The van der Waals surface area contributed by atoms with Crippen LogP contribution in [-0.4, -0.2) is 43.7 Å². The lowest BCUT2D eigenvalue weighted by Gasteiger charge is -2.33. The summed E-state index contributed by atoms with van der Waals surface area (Å²) in [6.45, 7) is 7.20. The lowest BCUT2D eigenvalue weighted by atomic mass is 10.2. The number of rotatable bonds is 4. The Kier molecular flexibility index (Phi) is 4.66. The van der Waals surface area contributed by atoms with Crippen LogP contribution in [0.3, 0.4) is 0 Å². The Morgan fingerprint density at radius 3 is 2.88 bits per heavy atom. The first-order valence-electron chi connectivity index (χ1n) is 6.09. The first kappa shape index (κ1) is 12.7. The minimum Gasteiger partial charge on any atom is -0.492 e. The van der Waals surface area contributed by atoms with Gasteiger partial charge >= 0.3 is 0 Å². The molecule has 1 heterocycles. The summed E-state index contributed by atoms with van der Waals surface area (Å²) in [5, 5.41) is 4.13. The van der Waals surface area contributed by atoms with Crippen LogP contribution in [0.1, 0.15) is 6.92 Å². The largest absolute Gasteiger partial charge is 0.492 e. The van der Waals surface area contributed by atoms with Gasteiger partial charge in [-0.25, -0.2) is 0 Å². The third-order valence-electron chi connectivity index (χ3n) is 3.10. The van der Waals surface area contributed by atoms with Crippen molar-refractivity contribution in [3.8, 4) is 5.75 Å². The molecule has 0 saturated carbocycles. The Balaban J connectivity index is 1.73. The van der Waals surface area contributed by atoms with Gasteiger partial charge in [0.25, 0.3) is 0 Å². The highest BCUT2D eigenvalue weighted by Gasteiger charge is 2.16. The molecule has 0 amide bonds. The van der Waals surface area contributed by atoms with E-state index in [0.29, 0.717) is 6.04 Å². The van der Waals surface area contributed by atoms with E-state index >= 15 is 0 Å². The van der Waals surface area contributed by atoms with Crippen LogP contribution in [0.2, 0.25) is 5.02 Å². The number of nitrogens with one attached hydrogen (secondary N) is 1. The van der Waals surface area contributed by atoms with Crippen LogP contribution in [0.5, 0.6) is 5.75 Å². The fraction of sp³-hybridized carbons (Fsp3) is 0.538. The van der Waals surface area contributed by atoms with Gasteiger partial charge in [0.05, 0.1) is 0 Å². The van der Waals surface area contributed by atoms with E-state index in [2.05, 4.69) is 17.1 Å². The fourth-order valence-corrected chi connectivity index (χ4v) is 2.15. The van der Waals surface area contributed by atoms with Crippen molar-refractivity contribution in [1.29, 1.82) is 0 Å². The molecule has 1 fully saturated rings. The summed E-state index contributed by atoms with van der Waals surface area (Å²) in [5.74, 6) is 0.886. The summed E-state index contributed by atoms with van der Waals surface area (Å²) in [7, 11) is 0. The molecular formula is C13H19ClN2O. The quantitative estimate of drug-likeness (QED) is 0.890. The van der Waals surface area contributed by atoms with Crippen LogP contribution < -0.4 is 10.1 Å². The average molecular weight is 255 g/mol. The fourth-order valence-electron chi connectivity index (χ4n) is 2.03. The molecule has 0 radical (unpaired) electrons. The Bertz CT molecular complexity index is 342. The van der Waals surface area contributed by atoms with E-state index in [1.807, 2.05) is 24.3 Å². The SMILES string of the molecule is C[C@@H]1CNCCN1CCOc1ccc(Cl)cc1. The predicted octanol–water partition coefficient (Wildman–Crippen LogP) is 2.01. The van der Waals surface area contributed by atoms with Gasteiger partial charge in [0.1, 0.15) is 12.4 Å². The van der Waals surface area contributed by atoms with Crippen LogP contribution in [0.15, 0.2) is 24.3 Å². The lowest BCUT2D eigenvalue weighted by molar-refractivity contribution is 0.143. The molecular weight excluding hydrogens is 236 g/mol. The van der Waals surface area contributed by atoms with Crippen LogP contribution >= 0.6 is 11.6 Å². The number of nitrogens with zero attached hydrogens (tertiary/aromatic N) is 1. The van der Waals surface area contributed by atoms with Crippen molar-refractivity contribution in [1.82, 2.24) is 10.2 Å². The van der Waals surface area contributed by atoms with Gasteiger partial charge in [-0.1, -0.05) is 11.6 Å². The predicted molar refractivity (Wildman–Crippen MR) is 70.9 cm³/mol. The number of hydrogen-bond acceptors (Lipinski definition) is 3. The van der Waals surface area contributed by atoms with Gasteiger partial charge in [0.15, 0.2) is 0 Å². The van der Waals surface area contributed by atoms with Crippen LogP contribution in [0, 0.1) is 0 Å². The highest BCUT2D eigenvalue weighted by Crippen LogP contribution is 2.15. The molecule has 0 bridgehead atoms. The van der Waals surface area contributed by atoms with Crippen molar-refractivity contribution >= 4 is 11.6 Å². The van der Waals surface area contributed by atoms with E-state index in [1.54, 1.807) is 0 Å². The first-order chi connectivity index (χ1) is 8.25. The topological polar surface area (TPSA) is 24.5 Å². The van der Waals surface area contributed by atoms with Gasteiger partial charge in [-0.2, -0.15) is 0 Å². The van der Waals surface area contributed by atoms with E-state index in [-0.39, 0.29) is 0 Å². The number of ether oxygens (including phenoxy) is 1. The molecule has 0 aromatic heterocycles. The van der Waals surface area contributed by atoms with E-state index in [1.165, 1.54) is 0 Å². The summed E-state index contributed by atoms with van der Waals surface area (Å²) in [5.41, 5.74) is 0. The molecule has 17 heavy (non-hydrogen) atoms. The molecule has 3 nitrogen and oxygen atoms in total. The summed E-state index contributed by atoms with van der Waals surface area (Å²) < 4.78 is 5.69. The highest BCUT2D eigenvalue weighted by atomic mass is 35.5. The summed E-state index contributed by atoms with van der Waals surface area (Å²) >= 11 is 5.82. The van der Waals surface area contributed by atoms with E-state index in [0.717, 1.165) is 43.6 Å². The highest BCUT2D eigenvalue weighted by molar-refractivity contribution is 6.30. The third-order valence-corrected chi connectivity index (χ3v) is 3.35. The van der Waals surface area contributed by atoms with Gasteiger partial charge in [-0.05, 0) is 31.2 Å². The minimum absolute atomic E-state index is 0.595. The number of hydrogen-bond donors (Lipinski definition) is 1. The number of halogens is 1. The molecule has 0 unspecified atom stereocenters. The molecule has 1 N–H and O–H groups in total. The Morgan fingerprint density at radius 1 is 1.41 bits per heavy atom. The van der Waals surface area contributed by atoms with Crippen molar-refractivity contribution in [2.24, 2.45) is 0 Å². The van der Waals surface area contributed by atoms with Crippen molar-refractivity contribution in [2.75, 3.05) is 32.8 Å². The molecule has 94 valence electrons. The minimum atomic E-state index is 0.595. The van der Waals surface area contributed by atoms with Gasteiger partial charge in [0.2, 0.25) is 0 Å². The van der Waals surface area contributed by atoms with Gasteiger partial charge in [-0.3, -0.25) is 4.90 Å². The van der Waals surface area contributed by atoms with Crippen molar-refractivity contribution in [2.45, 2.75) is 13.0 Å². The van der Waals surface area contributed by atoms with Gasteiger partial charge in [-0.15, -0.1) is 0 Å². The lowest BCUT2D eigenvalue weighted by Crippen LogP contribution is -2.50. The molecule has 1 aromatic rings. The second-order valence-electron chi connectivity index (χ2n) is 4.39. The molecule has 1 aliphatic rings. The zero-order chi connectivity index (χ0) is 12.1. The van der Waals surface area contributed by atoms with E-state index in [9.17, 15) is 0 Å². The van der Waals surface area contributed by atoms with Crippen molar-refractivity contribution in [3.63, 3.8) is 0 Å². The van der Waals surface area contributed by atoms with Crippen molar-refractivity contribution < 1.29 is 4.74 Å². The standard InChI is InChI=1S/C13H19ClN2O/c1-11-10-15-6-7-16(11)8-9-17-13-4-2-12(14)3-5-13/h2-5,11,15H,6-10H2,1H3/t11-/m1/s1. The van der Waals surface area contributed by atoms with Gasteiger partial charge in [0, 0.05) is 37.2 Å². The van der Waals surface area contributed by atoms with E-state index in [4.69, 9.17) is 16.3 Å². The van der Waals surface area contributed by atoms with Crippen LogP contribution in [0.25, 0.3) is 0 Å². The molecule has 0 spiro atoms. The zero-order valence-corrected chi connectivity index (χ0v) is 10.9. The Labute approximate surface area is 108 Å². The molecule has 1 saturated heterocycles. The second-order valence-corrected chi connectivity index (χ2v) is 4.83. The molecule has 0 aliphatic carbocycles. The smallest absolute Gasteiger partial charge is 0.119 e. The maximum absolute atomic E-state index is 5.82. The van der Waals surface area contributed by atoms with Crippen LogP contribution in [-0.2, 0) is 0 Å². The Morgan fingerprint density at radius 2 is 2.18 bits per heavy atom. The van der Waals surface area contributed by atoms with E-state index < -0.39 is 0 Å². The zero-order valence-electron chi connectivity index (χ0n) is 10.2. The van der Waals surface area contributed by atoms with Gasteiger partial charge < -0.3 is 10.1 Å². The molecule has 1 aromatic carbocycles. The number of benzene rings is 1. The summed E-state index contributed by atoms with van der Waals surface area (Å²) in [6.07, 6.45) is 0. The molecule has 4 heteroatoms. The number of piperazine rings is 1. The third kappa shape index (κ3) is 3.87. The summed E-state index contributed by atoms with van der Waals surface area (Å²) in [6, 6.07) is 8.11. The maximum Gasteiger partial charge on any atom is 0.119 e.